The van der Waals surface area contributed by atoms with Crippen LogP contribution in [0.15, 0.2) is 41.4 Å². The molecule has 0 aromatic carbocycles. The number of nitrogens with zero attached hydrogens (tertiary/aromatic N) is 4. The van der Waals surface area contributed by atoms with E-state index in [-0.39, 0.29) is 12.2 Å². The van der Waals surface area contributed by atoms with Crippen LogP contribution in [0.3, 0.4) is 0 Å². The molecule has 1 fully saturated rings. The minimum Gasteiger partial charge on any atom is -0.367 e. The maximum Gasteiger partial charge on any atom is 0.180 e. The lowest BCUT2D eigenvalue weighted by molar-refractivity contribution is -0.0173. The van der Waals surface area contributed by atoms with Gasteiger partial charge in [0.1, 0.15) is 17.4 Å². The minimum atomic E-state index is 0.0920. The SMILES string of the molecule is CC1CN(c2ccc3nccnc3n2)CC(c2ccsc2)O1. The number of hydrogen-bond acceptors (Lipinski definition) is 6. The molecule has 6 heteroatoms. The molecule has 4 heterocycles. The normalized spacial score (nSPS) is 22.1. The zero-order valence-corrected chi connectivity index (χ0v) is 13.0. The molecule has 0 radical (unpaired) electrons. The van der Waals surface area contributed by atoms with Crippen molar-refractivity contribution in [3.05, 3.63) is 46.9 Å². The molecule has 0 spiro atoms. The third kappa shape index (κ3) is 2.55. The van der Waals surface area contributed by atoms with Crippen LogP contribution in [0.4, 0.5) is 5.82 Å². The summed E-state index contributed by atoms with van der Waals surface area (Å²) in [5, 5.41) is 4.24. The molecule has 2 atom stereocenters. The minimum absolute atomic E-state index is 0.0920. The number of aromatic nitrogens is 3. The Bertz CT molecular complexity index is 777. The molecule has 0 bridgehead atoms. The first-order valence-corrected chi connectivity index (χ1v) is 8.24. The molecular formula is C16H16N4OS. The van der Waals surface area contributed by atoms with Crippen LogP contribution in [0.1, 0.15) is 18.6 Å². The Morgan fingerprint density at radius 1 is 1.18 bits per heavy atom. The van der Waals surface area contributed by atoms with Crippen molar-refractivity contribution >= 4 is 28.3 Å². The Morgan fingerprint density at radius 3 is 2.95 bits per heavy atom. The summed E-state index contributed by atoms with van der Waals surface area (Å²) in [7, 11) is 0. The average molecular weight is 312 g/mol. The topological polar surface area (TPSA) is 51.1 Å². The highest BCUT2D eigenvalue weighted by molar-refractivity contribution is 7.07. The van der Waals surface area contributed by atoms with Crippen molar-refractivity contribution in [2.24, 2.45) is 0 Å². The van der Waals surface area contributed by atoms with Crippen molar-refractivity contribution in [2.75, 3.05) is 18.0 Å². The van der Waals surface area contributed by atoms with Crippen molar-refractivity contribution in [1.29, 1.82) is 0 Å². The van der Waals surface area contributed by atoms with Gasteiger partial charge < -0.3 is 9.64 Å². The van der Waals surface area contributed by atoms with Crippen LogP contribution >= 0.6 is 11.3 Å². The van der Waals surface area contributed by atoms with E-state index in [1.807, 2.05) is 12.1 Å². The highest BCUT2D eigenvalue weighted by Crippen LogP contribution is 2.29. The van der Waals surface area contributed by atoms with E-state index in [9.17, 15) is 0 Å². The van der Waals surface area contributed by atoms with Gasteiger partial charge in [0.25, 0.3) is 0 Å². The van der Waals surface area contributed by atoms with Gasteiger partial charge >= 0.3 is 0 Å². The van der Waals surface area contributed by atoms with Gasteiger partial charge in [0.05, 0.1) is 6.10 Å². The van der Waals surface area contributed by atoms with Gasteiger partial charge in [0.2, 0.25) is 0 Å². The third-order valence-electron chi connectivity index (χ3n) is 3.82. The number of thiophene rings is 1. The fraction of sp³-hybridized carbons (Fsp3) is 0.312. The van der Waals surface area contributed by atoms with E-state index >= 15 is 0 Å². The van der Waals surface area contributed by atoms with Gasteiger partial charge in [0, 0.05) is 25.5 Å². The number of hydrogen-bond donors (Lipinski definition) is 0. The first kappa shape index (κ1) is 13.6. The molecule has 3 aromatic rings. The molecule has 0 aliphatic carbocycles. The molecule has 5 nitrogen and oxygen atoms in total. The van der Waals surface area contributed by atoms with Gasteiger partial charge in [-0.2, -0.15) is 11.3 Å². The highest BCUT2D eigenvalue weighted by atomic mass is 32.1. The van der Waals surface area contributed by atoms with Crippen LogP contribution in [0.25, 0.3) is 11.2 Å². The van der Waals surface area contributed by atoms with Crippen LogP contribution in [0.2, 0.25) is 0 Å². The number of pyridine rings is 1. The number of rotatable bonds is 2. The van der Waals surface area contributed by atoms with E-state index in [1.54, 1.807) is 23.7 Å². The van der Waals surface area contributed by atoms with Crippen LogP contribution in [-0.4, -0.2) is 34.1 Å². The molecule has 2 unspecified atom stereocenters. The summed E-state index contributed by atoms with van der Waals surface area (Å²) < 4.78 is 6.08. The quantitative estimate of drug-likeness (QED) is 0.728. The first-order chi connectivity index (χ1) is 10.8. The van der Waals surface area contributed by atoms with Gasteiger partial charge in [-0.1, -0.05) is 0 Å². The molecule has 1 saturated heterocycles. The van der Waals surface area contributed by atoms with Gasteiger partial charge in [-0.3, -0.25) is 4.98 Å². The molecule has 4 rings (SSSR count). The van der Waals surface area contributed by atoms with E-state index < -0.39 is 0 Å². The van der Waals surface area contributed by atoms with E-state index in [4.69, 9.17) is 4.74 Å². The van der Waals surface area contributed by atoms with Crippen molar-refractivity contribution in [3.8, 4) is 0 Å². The van der Waals surface area contributed by atoms with E-state index in [0.717, 1.165) is 24.4 Å². The van der Waals surface area contributed by atoms with Gasteiger partial charge in [-0.15, -0.1) is 0 Å². The summed E-state index contributed by atoms with van der Waals surface area (Å²) in [6, 6.07) is 6.12. The Balaban J connectivity index is 1.64. The smallest absolute Gasteiger partial charge is 0.180 e. The highest BCUT2D eigenvalue weighted by Gasteiger charge is 2.27. The predicted molar refractivity (Wildman–Crippen MR) is 87.2 cm³/mol. The molecular weight excluding hydrogens is 296 g/mol. The Hall–Kier alpha value is -2.05. The van der Waals surface area contributed by atoms with Crippen LogP contribution in [0.5, 0.6) is 0 Å². The maximum absolute atomic E-state index is 6.08. The Labute approximate surface area is 132 Å². The van der Waals surface area contributed by atoms with E-state index in [1.165, 1.54) is 5.56 Å². The third-order valence-corrected chi connectivity index (χ3v) is 4.52. The summed E-state index contributed by atoms with van der Waals surface area (Å²) in [6.45, 7) is 3.74. The molecule has 0 saturated carbocycles. The summed E-state index contributed by atoms with van der Waals surface area (Å²) in [6.07, 6.45) is 3.62. The average Bonchev–Trinajstić information content (AvgIpc) is 3.08. The molecule has 1 aliphatic heterocycles. The molecule has 3 aromatic heterocycles. The Morgan fingerprint density at radius 2 is 2.09 bits per heavy atom. The molecule has 1 aliphatic rings. The summed E-state index contributed by atoms with van der Waals surface area (Å²) in [5.74, 6) is 0.934. The standard InChI is InChI=1S/C16H16N4OS/c1-11-8-20(9-14(21-11)12-4-7-22-10-12)15-3-2-13-16(19-15)18-6-5-17-13/h2-7,10-11,14H,8-9H2,1H3. The van der Waals surface area contributed by atoms with Gasteiger partial charge in [-0.25, -0.2) is 9.97 Å². The summed E-state index contributed by atoms with van der Waals surface area (Å²) in [5.41, 5.74) is 2.75. The lowest BCUT2D eigenvalue weighted by Gasteiger charge is -2.37. The number of morpholine rings is 1. The lowest BCUT2D eigenvalue weighted by atomic mass is 10.1. The number of fused-ring (bicyclic) bond motifs is 1. The molecule has 112 valence electrons. The molecule has 0 N–H and O–H groups in total. The fourth-order valence-electron chi connectivity index (χ4n) is 2.80. The second-order valence-corrected chi connectivity index (χ2v) is 6.25. The summed E-state index contributed by atoms with van der Waals surface area (Å²) >= 11 is 1.70. The monoisotopic (exact) mass is 312 g/mol. The van der Waals surface area contributed by atoms with Crippen LogP contribution in [0, 0.1) is 0 Å². The maximum atomic E-state index is 6.08. The number of anilines is 1. The van der Waals surface area contributed by atoms with E-state index in [2.05, 4.69) is 43.6 Å². The van der Waals surface area contributed by atoms with Crippen molar-refractivity contribution in [3.63, 3.8) is 0 Å². The second kappa shape index (κ2) is 5.62. The second-order valence-electron chi connectivity index (χ2n) is 5.47. The van der Waals surface area contributed by atoms with Gasteiger partial charge in [-0.05, 0) is 41.4 Å². The zero-order valence-electron chi connectivity index (χ0n) is 12.2. The summed E-state index contributed by atoms with van der Waals surface area (Å²) in [4.78, 5) is 15.5. The van der Waals surface area contributed by atoms with E-state index in [0.29, 0.717) is 5.65 Å². The van der Waals surface area contributed by atoms with Crippen molar-refractivity contribution in [2.45, 2.75) is 19.1 Å². The first-order valence-electron chi connectivity index (χ1n) is 7.30. The predicted octanol–water partition coefficient (Wildman–Crippen LogP) is 3.05. The molecule has 22 heavy (non-hydrogen) atoms. The number of ether oxygens (including phenoxy) is 1. The largest absolute Gasteiger partial charge is 0.367 e. The lowest BCUT2D eigenvalue weighted by Crippen LogP contribution is -2.43. The van der Waals surface area contributed by atoms with Crippen molar-refractivity contribution in [1.82, 2.24) is 15.0 Å². The molecule has 0 amide bonds. The fourth-order valence-corrected chi connectivity index (χ4v) is 3.50. The Kier molecular flexibility index (Phi) is 3.48. The van der Waals surface area contributed by atoms with Crippen LogP contribution in [-0.2, 0) is 4.74 Å². The van der Waals surface area contributed by atoms with Crippen LogP contribution < -0.4 is 4.90 Å². The van der Waals surface area contributed by atoms with Crippen molar-refractivity contribution < 1.29 is 4.74 Å². The van der Waals surface area contributed by atoms with Gasteiger partial charge in [0.15, 0.2) is 5.65 Å². The zero-order chi connectivity index (χ0) is 14.9.